The van der Waals surface area contributed by atoms with E-state index in [-0.39, 0.29) is 0 Å². The summed E-state index contributed by atoms with van der Waals surface area (Å²) in [4.78, 5) is 0. The molecule has 0 nitrogen and oxygen atoms in total. The molecule has 96 valence electrons. The lowest BCUT2D eigenvalue weighted by atomic mass is 10.4. The molecule has 0 saturated carbocycles. The van der Waals surface area contributed by atoms with Gasteiger partial charge in [-0.25, -0.2) is 0 Å². The second-order valence-corrected chi connectivity index (χ2v) is 3.03. The van der Waals surface area contributed by atoms with E-state index in [0.717, 1.165) is 0 Å². The third kappa shape index (κ3) is 53.9. The molecular formula is C17H28. The molecule has 0 aromatic heterocycles. The Morgan fingerprint density at radius 2 is 0.882 bits per heavy atom. The lowest BCUT2D eigenvalue weighted by Crippen LogP contribution is -1.47. The first kappa shape index (κ1) is 20.8. The van der Waals surface area contributed by atoms with E-state index in [4.69, 9.17) is 0 Å². The van der Waals surface area contributed by atoms with E-state index in [1.807, 2.05) is 43.3 Å². The van der Waals surface area contributed by atoms with Crippen molar-refractivity contribution in [2.45, 2.75) is 33.6 Å². The van der Waals surface area contributed by atoms with Gasteiger partial charge in [-0.2, -0.15) is 0 Å². The summed E-state index contributed by atoms with van der Waals surface area (Å²) in [5.74, 6) is 0. The molecule has 0 saturated heterocycles. The fourth-order valence-corrected chi connectivity index (χ4v) is 0.385. The third-order valence-electron chi connectivity index (χ3n) is 1.33. The SMILES string of the molecule is C=CC.C=CC=C.CCCC.c1ccccc1. The summed E-state index contributed by atoms with van der Waals surface area (Å²) in [5, 5.41) is 0. The maximum absolute atomic E-state index is 3.36. The van der Waals surface area contributed by atoms with Crippen LogP contribution in [-0.4, -0.2) is 0 Å². The van der Waals surface area contributed by atoms with Crippen LogP contribution >= 0.6 is 0 Å². The highest BCUT2D eigenvalue weighted by Crippen LogP contribution is 1.79. The lowest BCUT2D eigenvalue weighted by Gasteiger charge is -1.69. The Labute approximate surface area is 108 Å². The summed E-state index contributed by atoms with van der Waals surface area (Å²) in [6, 6.07) is 12.0. The van der Waals surface area contributed by atoms with E-state index in [2.05, 4.69) is 33.6 Å². The minimum absolute atomic E-state index is 1.32. The van der Waals surface area contributed by atoms with Gasteiger partial charge in [0.05, 0.1) is 0 Å². The summed E-state index contributed by atoms with van der Waals surface area (Å²) in [5.41, 5.74) is 0. The monoisotopic (exact) mass is 232 g/mol. The van der Waals surface area contributed by atoms with Gasteiger partial charge in [-0.05, 0) is 6.92 Å². The Morgan fingerprint density at radius 3 is 0.941 bits per heavy atom. The van der Waals surface area contributed by atoms with Gasteiger partial charge < -0.3 is 0 Å². The fourth-order valence-electron chi connectivity index (χ4n) is 0.385. The largest absolute Gasteiger partial charge is 0.103 e. The predicted molar refractivity (Wildman–Crippen MR) is 83.3 cm³/mol. The number of hydrogen-bond donors (Lipinski definition) is 0. The van der Waals surface area contributed by atoms with Crippen LogP contribution in [0.2, 0.25) is 0 Å². The number of benzene rings is 1. The summed E-state index contributed by atoms with van der Waals surface area (Å²) >= 11 is 0. The molecule has 0 aliphatic rings. The van der Waals surface area contributed by atoms with Crippen molar-refractivity contribution in [3.8, 4) is 0 Å². The zero-order valence-corrected chi connectivity index (χ0v) is 11.7. The minimum atomic E-state index is 1.32. The molecule has 0 bridgehead atoms. The normalized spacial score (nSPS) is 6.53. The van der Waals surface area contributed by atoms with Gasteiger partial charge in [0.15, 0.2) is 0 Å². The van der Waals surface area contributed by atoms with Crippen LogP contribution in [0.25, 0.3) is 0 Å². The molecule has 0 N–H and O–H groups in total. The van der Waals surface area contributed by atoms with Gasteiger partial charge in [0.1, 0.15) is 0 Å². The van der Waals surface area contributed by atoms with Gasteiger partial charge in [0.25, 0.3) is 0 Å². The van der Waals surface area contributed by atoms with Crippen molar-refractivity contribution >= 4 is 0 Å². The second kappa shape index (κ2) is 29.3. The highest BCUT2D eigenvalue weighted by molar-refractivity contribution is 4.99. The topological polar surface area (TPSA) is 0 Å². The lowest BCUT2D eigenvalue weighted by molar-refractivity contribution is 0.886. The van der Waals surface area contributed by atoms with Crippen LogP contribution in [0.5, 0.6) is 0 Å². The zero-order chi connectivity index (χ0) is 13.8. The highest BCUT2D eigenvalue weighted by atomic mass is 13.6. The molecule has 0 fully saturated rings. The number of hydrogen-bond acceptors (Lipinski definition) is 0. The summed E-state index contributed by atoms with van der Waals surface area (Å²) in [6.07, 6.45) is 7.67. The predicted octanol–water partition coefficient (Wildman–Crippen LogP) is 6.04. The minimum Gasteiger partial charge on any atom is -0.103 e. The Morgan fingerprint density at radius 1 is 0.706 bits per heavy atom. The van der Waals surface area contributed by atoms with E-state index < -0.39 is 0 Å². The van der Waals surface area contributed by atoms with Crippen LogP contribution in [-0.2, 0) is 0 Å². The Bertz CT molecular complexity index is 186. The Balaban J connectivity index is -0.000000161. The molecule has 1 aromatic carbocycles. The second-order valence-electron chi connectivity index (χ2n) is 3.03. The molecule has 1 aromatic rings. The molecule has 0 amide bonds. The van der Waals surface area contributed by atoms with Crippen LogP contribution in [0, 0.1) is 0 Å². The first-order valence-corrected chi connectivity index (χ1v) is 6.05. The maximum Gasteiger partial charge on any atom is -0.0473 e. The molecule has 1 rings (SSSR count). The van der Waals surface area contributed by atoms with Crippen LogP contribution in [0.1, 0.15) is 33.6 Å². The van der Waals surface area contributed by atoms with E-state index >= 15 is 0 Å². The van der Waals surface area contributed by atoms with Crippen molar-refractivity contribution in [2.24, 2.45) is 0 Å². The Kier molecular flexibility index (Phi) is 35.8. The first-order valence-electron chi connectivity index (χ1n) is 6.05. The molecule has 17 heavy (non-hydrogen) atoms. The molecule has 0 heterocycles. The van der Waals surface area contributed by atoms with E-state index in [9.17, 15) is 0 Å². The number of rotatable bonds is 2. The van der Waals surface area contributed by atoms with Crippen molar-refractivity contribution in [3.05, 3.63) is 74.4 Å². The molecule has 0 spiro atoms. The summed E-state index contributed by atoms with van der Waals surface area (Å²) in [6.45, 7) is 16.3. The van der Waals surface area contributed by atoms with Gasteiger partial charge in [0, 0.05) is 0 Å². The van der Waals surface area contributed by atoms with Crippen LogP contribution in [0.3, 0.4) is 0 Å². The molecule has 0 aliphatic carbocycles. The zero-order valence-electron chi connectivity index (χ0n) is 11.7. The van der Waals surface area contributed by atoms with Crippen molar-refractivity contribution in [1.29, 1.82) is 0 Å². The summed E-state index contributed by atoms with van der Waals surface area (Å²) in [7, 11) is 0. The van der Waals surface area contributed by atoms with Crippen LogP contribution in [0.15, 0.2) is 74.4 Å². The van der Waals surface area contributed by atoms with Gasteiger partial charge in [-0.15, -0.1) is 6.58 Å². The van der Waals surface area contributed by atoms with Crippen LogP contribution < -0.4 is 0 Å². The van der Waals surface area contributed by atoms with Crippen molar-refractivity contribution in [2.75, 3.05) is 0 Å². The molecule has 0 unspecified atom stereocenters. The fraction of sp³-hybridized carbons (Fsp3) is 0.294. The van der Waals surface area contributed by atoms with E-state index in [0.29, 0.717) is 0 Å². The third-order valence-corrected chi connectivity index (χ3v) is 1.33. The molecular weight excluding hydrogens is 204 g/mol. The van der Waals surface area contributed by atoms with Gasteiger partial charge >= 0.3 is 0 Å². The van der Waals surface area contributed by atoms with Crippen molar-refractivity contribution in [1.82, 2.24) is 0 Å². The van der Waals surface area contributed by atoms with Crippen molar-refractivity contribution < 1.29 is 0 Å². The van der Waals surface area contributed by atoms with E-state index in [1.54, 1.807) is 18.2 Å². The maximum atomic E-state index is 3.36. The quantitative estimate of drug-likeness (QED) is 0.430. The summed E-state index contributed by atoms with van der Waals surface area (Å²) < 4.78 is 0. The highest BCUT2D eigenvalue weighted by Gasteiger charge is 1.58. The van der Waals surface area contributed by atoms with Gasteiger partial charge in [-0.1, -0.05) is 94.5 Å². The smallest absolute Gasteiger partial charge is 0.0473 e. The standard InChI is InChI=1S/C6H6.C4H10.C4H6.C3H6/c1-2-4-6-5-3-1;2*1-3-4-2;1-3-2/h1-6H;3-4H2,1-2H3;3-4H,1-2H2;3H,1H2,2H3. The van der Waals surface area contributed by atoms with E-state index in [1.165, 1.54) is 12.8 Å². The van der Waals surface area contributed by atoms with Crippen molar-refractivity contribution in [3.63, 3.8) is 0 Å². The van der Waals surface area contributed by atoms with Gasteiger partial charge in [-0.3, -0.25) is 0 Å². The average molecular weight is 232 g/mol. The number of allylic oxidation sites excluding steroid dienone is 3. The van der Waals surface area contributed by atoms with Crippen LogP contribution in [0.4, 0.5) is 0 Å². The molecule has 0 heteroatoms. The first-order chi connectivity index (χ1) is 8.24. The average Bonchev–Trinajstić information content (AvgIpc) is 2.42. The molecule has 0 aliphatic heterocycles. The molecule has 0 atom stereocenters. The number of unbranched alkanes of at least 4 members (excludes halogenated alkanes) is 1. The van der Waals surface area contributed by atoms with Gasteiger partial charge in [0.2, 0.25) is 0 Å². The molecule has 0 radical (unpaired) electrons. The Hall–Kier alpha value is -1.56.